The van der Waals surface area contributed by atoms with Crippen LogP contribution in [0.25, 0.3) is 11.5 Å². The molecule has 2 aromatic heterocycles. The van der Waals surface area contributed by atoms with Gasteiger partial charge in [0.1, 0.15) is 5.56 Å². The van der Waals surface area contributed by atoms with E-state index in [9.17, 15) is 9.59 Å². The van der Waals surface area contributed by atoms with Gasteiger partial charge in [0.15, 0.2) is 0 Å². The zero-order chi connectivity index (χ0) is 14.7. The summed E-state index contributed by atoms with van der Waals surface area (Å²) in [6.07, 6.45) is 3.47. The summed E-state index contributed by atoms with van der Waals surface area (Å²) >= 11 is 0. The molecule has 1 saturated heterocycles. The van der Waals surface area contributed by atoms with E-state index >= 15 is 0 Å². The molecule has 1 aliphatic rings. The molecule has 1 atom stereocenters. The fraction of sp³-hybridized carbons (Fsp3) is 0.385. The molecular weight excluding hydrogens is 276 g/mol. The maximum Gasteiger partial charge on any atom is 0.292 e. The number of amides is 1. The molecule has 2 aromatic rings. The number of carbonyl (C=O) groups excluding carboxylic acids is 1. The van der Waals surface area contributed by atoms with E-state index in [1.54, 1.807) is 12.1 Å². The van der Waals surface area contributed by atoms with Gasteiger partial charge >= 0.3 is 0 Å². The van der Waals surface area contributed by atoms with Gasteiger partial charge in [-0.1, -0.05) is 5.16 Å². The number of hydrogen-bond donors (Lipinski definition) is 2. The zero-order valence-electron chi connectivity index (χ0n) is 11.2. The fourth-order valence-electron chi connectivity index (χ4n) is 2.11. The first-order valence-electron chi connectivity index (χ1n) is 6.65. The highest BCUT2D eigenvalue weighted by Gasteiger charge is 2.20. The average molecular weight is 290 g/mol. The Kier molecular flexibility index (Phi) is 3.78. The second-order valence-electron chi connectivity index (χ2n) is 4.68. The van der Waals surface area contributed by atoms with Gasteiger partial charge in [0, 0.05) is 19.3 Å². The molecule has 1 amide bonds. The molecule has 2 N–H and O–H groups in total. The summed E-state index contributed by atoms with van der Waals surface area (Å²) in [5.41, 5.74) is -0.129. The third kappa shape index (κ3) is 3.00. The fourth-order valence-corrected chi connectivity index (χ4v) is 2.11. The lowest BCUT2D eigenvalue weighted by Gasteiger charge is -2.08. The molecule has 8 heteroatoms. The third-order valence-corrected chi connectivity index (χ3v) is 3.19. The second-order valence-corrected chi connectivity index (χ2v) is 4.68. The SMILES string of the molecule is O=C(NC[C@H]1CCCO1)c1noc(-c2ccc[nH]c2=O)n1. The smallest absolute Gasteiger partial charge is 0.292 e. The quantitative estimate of drug-likeness (QED) is 0.839. The Balaban J connectivity index is 1.68. The highest BCUT2D eigenvalue weighted by atomic mass is 16.5. The van der Waals surface area contributed by atoms with Crippen LogP contribution in [0.4, 0.5) is 0 Å². The normalized spacial score (nSPS) is 17.8. The standard InChI is InChI=1S/C13H14N4O4/c18-11-9(4-1-5-14-11)13-16-10(17-21-13)12(19)15-7-8-3-2-6-20-8/h1,4-5,8H,2-3,6-7H2,(H,14,18)(H,15,19)/t8-/m1/s1. The molecule has 0 unspecified atom stereocenters. The van der Waals surface area contributed by atoms with E-state index in [0.717, 1.165) is 19.4 Å². The van der Waals surface area contributed by atoms with Crippen LogP contribution < -0.4 is 10.9 Å². The molecule has 3 heterocycles. The Hall–Kier alpha value is -2.48. The summed E-state index contributed by atoms with van der Waals surface area (Å²) in [4.78, 5) is 29.9. The highest BCUT2D eigenvalue weighted by Crippen LogP contribution is 2.12. The van der Waals surface area contributed by atoms with Crippen LogP contribution in [0, 0.1) is 0 Å². The molecule has 1 aliphatic heterocycles. The Morgan fingerprint density at radius 1 is 1.52 bits per heavy atom. The van der Waals surface area contributed by atoms with Crippen molar-refractivity contribution in [1.82, 2.24) is 20.4 Å². The Morgan fingerprint density at radius 2 is 2.43 bits per heavy atom. The minimum absolute atomic E-state index is 0.0131. The molecule has 21 heavy (non-hydrogen) atoms. The summed E-state index contributed by atoms with van der Waals surface area (Å²) in [6, 6.07) is 3.18. The van der Waals surface area contributed by atoms with Crippen molar-refractivity contribution in [2.45, 2.75) is 18.9 Å². The first kappa shape index (κ1) is 13.5. The van der Waals surface area contributed by atoms with Gasteiger partial charge in [-0.05, 0) is 25.0 Å². The van der Waals surface area contributed by atoms with Gasteiger partial charge in [-0.2, -0.15) is 4.98 Å². The van der Waals surface area contributed by atoms with Crippen molar-refractivity contribution in [3.05, 3.63) is 34.5 Å². The van der Waals surface area contributed by atoms with E-state index in [4.69, 9.17) is 9.26 Å². The number of carbonyl (C=O) groups is 1. The van der Waals surface area contributed by atoms with Gasteiger partial charge in [0.05, 0.1) is 6.10 Å². The van der Waals surface area contributed by atoms with E-state index < -0.39 is 5.91 Å². The lowest BCUT2D eigenvalue weighted by Crippen LogP contribution is -2.32. The van der Waals surface area contributed by atoms with Crippen LogP contribution in [0.2, 0.25) is 0 Å². The maximum atomic E-state index is 11.9. The predicted octanol–water partition coefficient (Wildman–Crippen LogP) is 0.334. The van der Waals surface area contributed by atoms with Crippen LogP contribution >= 0.6 is 0 Å². The van der Waals surface area contributed by atoms with Crippen LogP contribution in [-0.4, -0.2) is 40.3 Å². The van der Waals surface area contributed by atoms with Crippen molar-refractivity contribution >= 4 is 5.91 Å². The van der Waals surface area contributed by atoms with E-state index in [2.05, 4.69) is 20.4 Å². The number of hydrogen-bond acceptors (Lipinski definition) is 6. The van der Waals surface area contributed by atoms with Crippen molar-refractivity contribution in [3.63, 3.8) is 0 Å². The molecule has 0 radical (unpaired) electrons. The highest BCUT2D eigenvalue weighted by molar-refractivity contribution is 5.90. The van der Waals surface area contributed by atoms with E-state index in [-0.39, 0.29) is 28.9 Å². The van der Waals surface area contributed by atoms with Gasteiger partial charge in [-0.25, -0.2) is 0 Å². The monoisotopic (exact) mass is 290 g/mol. The van der Waals surface area contributed by atoms with Crippen LogP contribution in [0.15, 0.2) is 27.6 Å². The predicted molar refractivity (Wildman–Crippen MR) is 71.7 cm³/mol. The summed E-state index contributed by atoms with van der Waals surface area (Å²) in [5.74, 6) is -0.543. The van der Waals surface area contributed by atoms with Crippen molar-refractivity contribution in [1.29, 1.82) is 0 Å². The number of rotatable bonds is 4. The summed E-state index contributed by atoms with van der Waals surface area (Å²) in [5, 5.41) is 6.27. The number of nitrogens with zero attached hydrogens (tertiary/aromatic N) is 2. The molecule has 110 valence electrons. The van der Waals surface area contributed by atoms with Gasteiger partial charge in [-0.3, -0.25) is 9.59 Å². The number of nitrogens with one attached hydrogen (secondary N) is 2. The van der Waals surface area contributed by atoms with Crippen LogP contribution in [0.5, 0.6) is 0 Å². The van der Waals surface area contributed by atoms with E-state index in [0.29, 0.717) is 6.54 Å². The number of pyridine rings is 1. The zero-order valence-corrected chi connectivity index (χ0v) is 11.2. The molecular formula is C13H14N4O4. The number of ether oxygens (including phenoxy) is 1. The average Bonchev–Trinajstić information content (AvgIpc) is 3.17. The van der Waals surface area contributed by atoms with Gasteiger partial charge < -0.3 is 19.6 Å². The lowest BCUT2D eigenvalue weighted by atomic mass is 10.2. The van der Waals surface area contributed by atoms with Crippen molar-refractivity contribution in [2.75, 3.05) is 13.2 Å². The van der Waals surface area contributed by atoms with Crippen LogP contribution in [-0.2, 0) is 4.74 Å². The molecule has 0 spiro atoms. The summed E-state index contributed by atoms with van der Waals surface area (Å²) in [7, 11) is 0. The molecule has 0 saturated carbocycles. The minimum Gasteiger partial charge on any atom is -0.376 e. The lowest BCUT2D eigenvalue weighted by molar-refractivity contribution is 0.0847. The first-order chi connectivity index (χ1) is 10.2. The molecule has 0 aliphatic carbocycles. The molecule has 8 nitrogen and oxygen atoms in total. The first-order valence-corrected chi connectivity index (χ1v) is 6.65. The minimum atomic E-state index is -0.451. The summed E-state index contributed by atoms with van der Waals surface area (Å²) < 4.78 is 10.4. The third-order valence-electron chi connectivity index (χ3n) is 3.19. The van der Waals surface area contributed by atoms with Crippen molar-refractivity contribution in [3.8, 4) is 11.5 Å². The largest absolute Gasteiger partial charge is 0.376 e. The number of H-pyrrole nitrogens is 1. The Labute approximate surface area is 119 Å². The molecule has 3 rings (SSSR count). The van der Waals surface area contributed by atoms with Gasteiger partial charge in [-0.15, -0.1) is 0 Å². The van der Waals surface area contributed by atoms with Crippen molar-refractivity contribution < 1.29 is 14.1 Å². The van der Waals surface area contributed by atoms with Crippen LogP contribution in [0.3, 0.4) is 0 Å². The Morgan fingerprint density at radius 3 is 3.19 bits per heavy atom. The number of aromatic amines is 1. The van der Waals surface area contributed by atoms with Gasteiger partial charge in [0.2, 0.25) is 0 Å². The topological polar surface area (TPSA) is 110 Å². The van der Waals surface area contributed by atoms with Gasteiger partial charge in [0.25, 0.3) is 23.2 Å². The molecule has 1 fully saturated rings. The molecule has 0 aromatic carbocycles. The van der Waals surface area contributed by atoms with Crippen molar-refractivity contribution in [2.24, 2.45) is 0 Å². The Bertz CT molecular complexity index is 687. The summed E-state index contributed by atoms with van der Waals surface area (Å²) in [6.45, 7) is 1.14. The van der Waals surface area contributed by atoms with E-state index in [1.165, 1.54) is 6.20 Å². The maximum absolute atomic E-state index is 11.9. The second kappa shape index (κ2) is 5.88. The van der Waals surface area contributed by atoms with Crippen LogP contribution in [0.1, 0.15) is 23.5 Å². The molecule has 0 bridgehead atoms. The number of aromatic nitrogens is 3. The van der Waals surface area contributed by atoms with E-state index in [1.807, 2.05) is 0 Å².